The standard InChI is InChI=1S/C14H21NO/c1-11-9-15(3)10-12(2)14(11,16)13-7-5-4-6-8-13/h4-8,11-12,16H,9-10H2,1-3H3/p+1/t11-,12-/m0/s1. The fraction of sp³-hybridized carbons (Fsp3) is 0.571. The lowest BCUT2D eigenvalue weighted by Gasteiger charge is -2.44. The minimum atomic E-state index is -0.652. The molecule has 0 aromatic heterocycles. The first-order valence-electron chi connectivity index (χ1n) is 6.14. The molecule has 1 aliphatic heterocycles. The molecule has 16 heavy (non-hydrogen) atoms. The fourth-order valence-corrected chi connectivity index (χ4v) is 3.20. The third-order valence-electron chi connectivity index (χ3n) is 4.05. The summed E-state index contributed by atoms with van der Waals surface area (Å²) < 4.78 is 0. The van der Waals surface area contributed by atoms with Crippen LogP contribution in [0, 0.1) is 11.8 Å². The minimum Gasteiger partial charge on any atom is -0.384 e. The molecule has 1 heterocycles. The van der Waals surface area contributed by atoms with Gasteiger partial charge >= 0.3 is 0 Å². The Kier molecular flexibility index (Phi) is 3.04. The number of likely N-dealkylation sites (tertiary alicyclic amines) is 1. The van der Waals surface area contributed by atoms with Crippen LogP contribution in [0.4, 0.5) is 0 Å². The van der Waals surface area contributed by atoms with E-state index in [1.54, 1.807) is 0 Å². The lowest BCUT2D eigenvalue weighted by molar-refractivity contribution is -0.896. The maximum Gasteiger partial charge on any atom is 0.105 e. The molecule has 1 fully saturated rings. The number of quaternary nitrogens is 1. The lowest BCUT2D eigenvalue weighted by atomic mass is 9.71. The summed E-state index contributed by atoms with van der Waals surface area (Å²) in [7, 11) is 2.21. The Labute approximate surface area is 97.9 Å². The van der Waals surface area contributed by atoms with E-state index in [2.05, 4.69) is 20.9 Å². The average Bonchev–Trinajstić information content (AvgIpc) is 2.27. The maximum atomic E-state index is 11.0. The topological polar surface area (TPSA) is 24.7 Å². The van der Waals surface area contributed by atoms with Crippen molar-refractivity contribution >= 4 is 0 Å². The van der Waals surface area contributed by atoms with E-state index in [4.69, 9.17) is 0 Å². The molecule has 1 aliphatic rings. The average molecular weight is 220 g/mol. The van der Waals surface area contributed by atoms with Crippen molar-refractivity contribution in [3.05, 3.63) is 35.9 Å². The lowest BCUT2D eigenvalue weighted by Crippen LogP contribution is -3.12. The molecule has 1 aromatic carbocycles. The van der Waals surface area contributed by atoms with E-state index in [0.717, 1.165) is 18.7 Å². The SMILES string of the molecule is C[C@H]1C[NH+](C)C[C@H](C)C1(O)c1ccccc1. The van der Waals surface area contributed by atoms with Crippen molar-refractivity contribution in [2.75, 3.05) is 20.1 Å². The van der Waals surface area contributed by atoms with E-state index in [9.17, 15) is 5.11 Å². The van der Waals surface area contributed by atoms with Crippen LogP contribution < -0.4 is 4.90 Å². The van der Waals surface area contributed by atoms with Crippen LogP contribution in [0.15, 0.2) is 30.3 Å². The Hall–Kier alpha value is -0.860. The molecular formula is C14H22NO+. The molecule has 1 saturated heterocycles. The molecule has 2 N–H and O–H groups in total. The molecule has 88 valence electrons. The second-order valence-corrected chi connectivity index (χ2v) is 5.36. The van der Waals surface area contributed by atoms with Crippen LogP contribution in [-0.2, 0) is 5.60 Å². The van der Waals surface area contributed by atoms with Crippen LogP contribution in [0.2, 0.25) is 0 Å². The molecule has 0 bridgehead atoms. The van der Waals surface area contributed by atoms with Crippen LogP contribution in [0.25, 0.3) is 0 Å². The highest BCUT2D eigenvalue weighted by molar-refractivity contribution is 5.24. The van der Waals surface area contributed by atoms with Gasteiger partial charge in [-0.1, -0.05) is 44.2 Å². The fourth-order valence-electron chi connectivity index (χ4n) is 3.20. The van der Waals surface area contributed by atoms with E-state index >= 15 is 0 Å². The summed E-state index contributed by atoms with van der Waals surface area (Å²) in [5.41, 5.74) is 0.420. The molecule has 0 saturated carbocycles. The maximum absolute atomic E-state index is 11.0. The van der Waals surface area contributed by atoms with Crippen LogP contribution in [0.5, 0.6) is 0 Å². The first-order chi connectivity index (χ1) is 7.55. The predicted octanol–water partition coefficient (Wildman–Crippen LogP) is 0.675. The minimum absolute atomic E-state index is 0.304. The van der Waals surface area contributed by atoms with E-state index in [1.165, 1.54) is 4.90 Å². The molecule has 0 spiro atoms. The summed E-state index contributed by atoms with van der Waals surface area (Å²) in [4.78, 5) is 1.51. The zero-order chi connectivity index (χ0) is 11.8. The Morgan fingerprint density at radius 1 is 1.12 bits per heavy atom. The Morgan fingerprint density at radius 3 is 2.12 bits per heavy atom. The summed E-state index contributed by atoms with van der Waals surface area (Å²) in [5.74, 6) is 0.609. The highest BCUT2D eigenvalue weighted by Gasteiger charge is 2.46. The number of hydrogen-bond donors (Lipinski definition) is 2. The quantitative estimate of drug-likeness (QED) is 0.714. The van der Waals surface area contributed by atoms with Crippen LogP contribution in [-0.4, -0.2) is 25.2 Å². The van der Waals surface area contributed by atoms with Crippen molar-refractivity contribution < 1.29 is 10.0 Å². The van der Waals surface area contributed by atoms with Crippen molar-refractivity contribution in [2.24, 2.45) is 11.8 Å². The van der Waals surface area contributed by atoms with Gasteiger partial charge in [0.2, 0.25) is 0 Å². The van der Waals surface area contributed by atoms with Crippen molar-refractivity contribution in [1.29, 1.82) is 0 Å². The molecule has 2 nitrogen and oxygen atoms in total. The number of nitrogens with one attached hydrogen (secondary N) is 1. The van der Waals surface area contributed by atoms with Crippen molar-refractivity contribution in [1.82, 2.24) is 0 Å². The van der Waals surface area contributed by atoms with E-state index in [0.29, 0.717) is 11.8 Å². The normalized spacial score (nSPS) is 39.6. The van der Waals surface area contributed by atoms with Gasteiger partial charge in [0.25, 0.3) is 0 Å². The second-order valence-electron chi connectivity index (χ2n) is 5.36. The van der Waals surface area contributed by atoms with Gasteiger partial charge in [0.15, 0.2) is 0 Å². The molecule has 2 atom stereocenters. The molecule has 0 aliphatic carbocycles. The summed E-state index contributed by atoms with van der Waals surface area (Å²) >= 11 is 0. The van der Waals surface area contributed by atoms with Gasteiger partial charge in [0.05, 0.1) is 20.1 Å². The largest absolute Gasteiger partial charge is 0.384 e. The number of hydrogen-bond acceptors (Lipinski definition) is 1. The third-order valence-corrected chi connectivity index (χ3v) is 4.05. The van der Waals surface area contributed by atoms with E-state index in [-0.39, 0.29) is 0 Å². The van der Waals surface area contributed by atoms with Gasteiger partial charge in [-0.2, -0.15) is 0 Å². The van der Waals surface area contributed by atoms with E-state index < -0.39 is 5.60 Å². The van der Waals surface area contributed by atoms with Crippen LogP contribution in [0.1, 0.15) is 19.4 Å². The predicted molar refractivity (Wildman–Crippen MR) is 65.3 cm³/mol. The van der Waals surface area contributed by atoms with Gasteiger partial charge in [-0.15, -0.1) is 0 Å². The van der Waals surface area contributed by atoms with Crippen LogP contribution >= 0.6 is 0 Å². The monoisotopic (exact) mass is 220 g/mol. The van der Waals surface area contributed by atoms with Gasteiger partial charge in [-0.3, -0.25) is 0 Å². The first-order valence-corrected chi connectivity index (χ1v) is 6.14. The number of aliphatic hydroxyl groups is 1. The first kappa shape index (κ1) is 11.6. The zero-order valence-electron chi connectivity index (χ0n) is 10.4. The molecule has 1 aromatic rings. The number of piperidine rings is 1. The smallest absolute Gasteiger partial charge is 0.105 e. The third kappa shape index (κ3) is 1.76. The molecular weight excluding hydrogens is 198 g/mol. The van der Waals surface area contributed by atoms with Crippen molar-refractivity contribution in [3.63, 3.8) is 0 Å². The zero-order valence-corrected chi connectivity index (χ0v) is 10.4. The van der Waals surface area contributed by atoms with Gasteiger partial charge in [0.1, 0.15) is 5.60 Å². The van der Waals surface area contributed by atoms with Gasteiger partial charge < -0.3 is 10.0 Å². The Bertz CT molecular complexity index is 337. The summed E-state index contributed by atoms with van der Waals surface area (Å²) in [6.45, 7) is 6.39. The van der Waals surface area contributed by atoms with Gasteiger partial charge in [-0.25, -0.2) is 0 Å². The molecule has 2 rings (SSSR count). The Balaban J connectivity index is 2.36. The van der Waals surface area contributed by atoms with Crippen LogP contribution in [0.3, 0.4) is 0 Å². The summed E-state index contributed by atoms with van der Waals surface area (Å²) in [6, 6.07) is 10.1. The number of benzene rings is 1. The Morgan fingerprint density at radius 2 is 1.62 bits per heavy atom. The molecule has 0 amide bonds. The van der Waals surface area contributed by atoms with Crippen molar-refractivity contribution in [3.8, 4) is 0 Å². The van der Waals surface area contributed by atoms with E-state index in [1.807, 2.05) is 30.3 Å². The molecule has 0 radical (unpaired) electrons. The molecule has 2 heteroatoms. The van der Waals surface area contributed by atoms with Gasteiger partial charge in [-0.05, 0) is 5.56 Å². The second kappa shape index (κ2) is 4.19. The highest BCUT2D eigenvalue weighted by Crippen LogP contribution is 2.37. The molecule has 0 unspecified atom stereocenters. The van der Waals surface area contributed by atoms with Crippen molar-refractivity contribution in [2.45, 2.75) is 19.4 Å². The summed E-state index contributed by atoms with van der Waals surface area (Å²) in [6.07, 6.45) is 0. The van der Waals surface area contributed by atoms with Gasteiger partial charge in [0, 0.05) is 11.8 Å². The number of rotatable bonds is 1. The summed E-state index contributed by atoms with van der Waals surface area (Å²) in [5, 5.41) is 11.0. The highest BCUT2D eigenvalue weighted by atomic mass is 16.3.